The smallest absolute Gasteiger partial charge is 0.132 e. The number of anilines is 2. The van der Waals surface area contributed by atoms with Crippen LogP contribution in [0.25, 0.3) is 16.7 Å². The zero-order chi connectivity index (χ0) is 26.9. The van der Waals surface area contributed by atoms with Crippen LogP contribution in [0.1, 0.15) is 49.7 Å². The summed E-state index contributed by atoms with van der Waals surface area (Å²) in [6, 6.07) is 19.9. The van der Waals surface area contributed by atoms with Crippen molar-refractivity contribution in [3.8, 4) is 6.07 Å². The van der Waals surface area contributed by atoms with Crippen molar-refractivity contribution in [2.24, 2.45) is 7.05 Å². The quantitative estimate of drug-likeness (QED) is 0.250. The zero-order valence-corrected chi connectivity index (χ0v) is 22.5. The molecule has 0 amide bonds. The molecule has 1 N–H and O–H groups in total. The van der Waals surface area contributed by atoms with E-state index in [0.29, 0.717) is 12.1 Å². The Labute approximate surface area is 220 Å². The first-order chi connectivity index (χ1) is 17.9. The Morgan fingerprint density at radius 2 is 1.81 bits per heavy atom. The van der Waals surface area contributed by atoms with Crippen molar-refractivity contribution in [3.05, 3.63) is 102 Å². The maximum absolute atomic E-state index is 8.98. The fraction of sp³-hybridized carbons (Fsp3) is 0.258. The summed E-state index contributed by atoms with van der Waals surface area (Å²) < 4.78 is 2.10. The minimum Gasteiger partial charge on any atom is -0.378 e. The number of fused-ring (bicyclic) bond motifs is 1. The van der Waals surface area contributed by atoms with Crippen LogP contribution in [0.4, 0.5) is 11.5 Å². The maximum Gasteiger partial charge on any atom is 0.132 e. The van der Waals surface area contributed by atoms with Gasteiger partial charge >= 0.3 is 0 Å². The molecule has 190 valence electrons. The van der Waals surface area contributed by atoms with Crippen LogP contribution in [0.2, 0.25) is 0 Å². The van der Waals surface area contributed by atoms with Crippen molar-refractivity contribution >= 4 is 28.2 Å². The highest BCUT2D eigenvalue weighted by atomic mass is 15.2. The molecule has 6 nitrogen and oxygen atoms in total. The van der Waals surface area contributed by atoms with Crippen LogP contribution in [0.3, 0.4) is 0 Å². The van der Waals surface area contributed by atoms with Gasteiger partial charge in [-0.15, -0.1) is 6.58 Å². The molecule has 0 spiro atoms. The van der Waals surface area contributed by atoms with Crippen LogP contribution in [0.5, 0.6) is 0 Å². The lowest BCUT2D eigenvalue weighted by atomic mass is 10.1. The highest BCUT2D eigenvalue weighted by Crippen LogP contribution is 2.27. The van der Waals surface area contributed by atoms with E-state index in [2.05, 4.69) is 63.3 Å². The van der Waals surface area contributed by atoms with E-state index in [0.717, 1.165) is 63.7 Å². The minimum atomic E-state index is 0.575. The van der Waals surface area contributed by atoms with Gasteiger partial charge in [-0.25, -0.2) is 9.97 Å². The van der Waals surface area contributed by atoms with E-state index < -0.39 is 0 Å². The first-order valence-corrected chi connectivity index (χ1v) is 12.6. The molecule has 0 aliphatic carbocycles. The average molecular weight is 493 g/mol. The number of nitriles is 1. The molecule has 4 rings (SSSR count). The molecule has 4 aromatic rings. The SMILES string of the molecule is C=C(C)CCN(C(=C)c1ccc2c(c1)nc(CNc1ccc(C#N)cc1)n2C)c1ccc(C)cn1.CC. The number of rotatable bonds is 9. The topological polar surface area (TPSA) is 69.8 Å². The molecule has 0 saturated carbocycles. The Morgan fingerprint density at radius 1 is 1.08 bits per heavy atom. The molecule has 0 fully saturated rings. The number of benzene rings is 2. The van der Waals surface area contributed by atoms with Crippen LogP contribution >= 0.6 is 0 Å². The molecular weight excluding hydrogens is 456 g/mol. The second-order valence-corrected chi connectivity index (χ2v) is 8.83. The summed E-state index contributed by atoms with van der Waals surface area (Å²) in [6.07, 6.45) is 2.73. The Kier molecular flexibility index (Phi) is 9.23. The normalized spacial score (nSPS) is 10.3. The lowest BCUT2D eigenvalue weighted by molar-refractivity contribution is 0.834. The Hall–Kier alpha value is -4.37. The zero-order valence-electron chi connectivity index (χ0n) is 22.5. The van der Waals surface area contributed by atoms with Gasteiger partial charge in [0.05, 0.1) is 29.2 Å². The van der Waals surface area contributed by atoms with Crippen LogP contribution in [0, 0.1) is 18.3 Å². The lowest BCUT2D eigenvalue weighted by Crippen LogP contribution is -2.23. The molecule has 0 aliphatic rings. The number of hydrogen-bond acceptors (Lipinski definition) is 5. The van der Waals surface area contributed by atoms with Gasteiger partial charge in [0.15, 0.2) is 0 Å². The van der Waals surface area contributed by atoms with Crippen molar-refractivity contribution in [3.63, 3.8) is 0 Å². The summed E-state index contributed by atoms with van der Waals surface area (Å²) in [6.45, 7) is 17.9. The number of pyridine rings is 1. The highest BCUT2D eigenvalue weighted by Gasteiger charge is 2.16. The number of aryl methyl sites for hydroxylation is 2. The predicted molar refractivity (Wildman–Crippen MR) is 155 cm³/mol. The van der Waals surface area contributed by atoms with E-state index in [9.17, 15) is 0 Å². The standard InChI is InChI=1S/C29H30N6.C2H6/c1-20(2)14-15-35(28-13-6-21(3)18-32-28)22(4)24-9-12-27-26(16-24)33-29(34(27)5)19-31-25-10-7-23(17-30)8-11-25;1-2/h6-13,16,18,31H,1,4,14-15,19H2,2-3,5H3;1-2H3. The molecule has 0 saturated heterocycles. The van der Waals surface area contributed by atoms with Gasteiger partial charge in [-0.2, -0.15) is 5.26 Å². The second kappa shape index (κ2) is 12.5. The fourth-order valence-corrected chi connectivity index (χ4v) is 3.90. The van der Waals surface area contributed by atoms with Gasteiger partial charge < -0.3 is 14.8 Å². The summed E-state index contributed by atoms with van der Waals surface area (Å²) in [7, 11) is 2.02. The molecule has 0 bridgehead atoms. The first-order valence-electron chi connectivity index (χ1n) is 12.6. The van der Waals surface area contributed by atoms with Gasteiger partial charge in [0.2, 0.25) is 0 Å². The van der Waals surface area contributed by atoms with E-state index in [1.807, 2.05) is 59.1 Å². The molecule has 0 aliphatic heterocycles. The largest absolute Gasteiger partial charge is 0.378 e. The van der Waals surface area contributed by atoms with Gasteiger partial charge in [0.1, 0.15) is 11.6 Å². The summed E-state index contributed by atoms with van der Waals surface area (Å²) in [5, 5.41) is 12.4. The first kappa shape index (κ1) is 27.2. The Morgan fingerprint density at radius 3 is 2.43 bits per heavy atom. The van der Waals surface area contributed by atoms with Crippen molar-refractivity contribution in [2.45, 2.75) is 40.7 Å². The van der Waals surface area contributed by atoms with Crippen molar-refractivity contribution in [1.29, 1.82) is 5.26 Å². The molecule has 2 aromatic heterocycles. The van der Waals surface area contributed by atoms with Crippen LogP contribution in [-0.4, -0.2) is 21.1 Å². The average Bonchev–Trinajstić information content (AvgIpc) is 3.24. The Bertz CT molecular complexity index is 1410. The van der Waals surface area contributed by atoms with Gasteiger partial charge in [0, 0.05) is 31.2 Å². The third kappa shape index (κ3) is 6.65. The molecule has 37 heavy (non-hydrogen) atoms. The van der Waals surface area contributed by atoms with Crippen molar-refractivity contribution in [1.82, 2.24) is 14.5 Å². The van der Waals surface area contributed by atoms with Gasteiger partial charge in [-0.1, -0.05) is 38.1 Å². The van der Waals surface area contributed by atoms with E-state index in [4.69, 9.17) is 10.2 Å². The van der Waals surface area contributed by atoms with Crippen LogP contribution in [0.15, 0.2) is 79.5 Å². The van der Waals surface area contributed by atoms with E-state index >= 15 is 0 Å². The van der Waals surface area contributed by atoms with Crippen molar-refractivity contribution < 1.29 is 0 Å². The number of hydrogen-bond donors (Lipinski definition) is 1. The predicted octanol–water partition coefficient (Wildman–Crippen LogP) is 7.23. The van der Waals surface area contributed by atoms with Crippen LogP contribution in [-0.2, 0) is 13.6 Å². The molecular formula is C31H36N6. The van der Waals surface area contributed by atoms with Crippen molar-refractivity contribution in [2.75, 3.05) is 16.8 Å². The third-order valence-electron chi connectivity index (χ3n) is 6.03. The number of aromatic nitrogens is 3. The molecule has 0 unspecified atom stereocenters. The summed E-state index contributed by atoms with van der Waals surface area (Å²) in [4.78, 5) is 11.7. The van der Waals surface area contributed by atoms with E-state index in [1.165, 1.54) is 0 Å². The van der Waals surface area contributed by atoms with Gasteiger partial charge in [-0.3, -0.25) is 0 Å². The van der Waals surface area contributed by atoms with E-state index in [-0.39, 0.29) is 0 Å². The summed E-state index contributed by atoms with van der Waals surface area (Å²) in [5.74, 6) is 1.79. The number of imidazole rings is 1. The van der Waals surface area contributed by atoms with Gasteiger partial charge in [0.25, 0.3) is 0 Å². The lowest BCUT2D eigenvalue weighted by Gasteiger charge is -2.26. The molecule has 0 radical (unpaired) electrons. The molecule has 2 aromatic carbocycles. The maximum atomic E-state index is 8.98. The van der Waals surface area contributed by atoms with E-state index in [1.54, 1.807) is 12.1 Å². The summed E-state index contributed by atoms with van der Waals surface area (Å²) >= 11 is 0. The Balaban J connectivity index is 0.00000186. The number of nitrogens with zero attached hydrogens (tertiary/aromatic N) is 5. The second-order valence-electron chi connectivity index (χ2n) is 8.83. The monoisotopic (exact) mass is 492 g/mol. The van der Waals surface area contributed by atoms with Crippen LogP contribution < -0.4 is 10.2 Å². The fourth-order valence-electron chi connectivity index (χ4n) is 3.90. The molecule has 6 heteroatoms. The molecule has 2 heterocycles. The minimum absolute atomic E-state index is 0.575. The van der Waals surface area contributed by atoms with Gasteiger partial charge in [-0.05, 0) is 73.9 Å². The third-order valence-corrected chi connectivity index (χ3v) is 6.03. The molecule has 0 atom stereocenters. The summed E-state index contributed by atoms with van der Waals surface area (Å²) in [5.41, 5.74) is 7.69. The number of nitrogens with one attached hydrogen (secondary N) is 1. The highest BCUT2D eigenvalue weighted by molar-refractivity contribution is 5.84.